The quantitative estimate of drug-likeness (QED) is 0.807. The van der Waals surface area contributed by atoms with Crippen LogP contribution in [0.15, 0.2) is 34.7 Å². The number of carbonyl (C=O) groups is 1. The van der Waals surface area contributed by atoms with Gasteiger partial charge in [-0.1, -0.05) is 6.07 Å². The van der Waals surface area contributed by atoms with Gasteiger partial charge in [-0.3, -0.25) is 0 Å². The van der Waals surface area contributed by atoms with E-state index in [4.69, 9.17) is 9.15 Å². The molecule has 1 aromatic heterocycles. The predicted octanol–water partition coefficient (Wildman–Crippen LogP) is 3.52. The SMILES string of the molecule is COC(=O)c1ccc(COc2ccc3c(c2)CCCC3)o1. The van der Waals surface area contributed by atoms with Gasteiger partial charge >= 0.3 is 5.97 Å². The van der Waals surface area contributed by atoms with Gasteiger partial charge in [0.1, 0.15) is 18.1 Å². The van der Waals surface area contributed by atoms with Crippen molar-refractivity contribution in [2.75, 3.05) is 7.11 Å². The Bertz CT molecular complexity index is 642. The van der Waals surface area contributed by atoms with Gasteiger partial charge < -0.3 is 13.9 Å². The Morgan fingerprint density at radius 1 is 1.14 bits per heavy atom. The molecule has 110 valence electrons. The summed E-state index contributed by atoms with van der Waals surface area (Å²) >= 11 is 0. The normalized spacial score (nSPS) is 13.6. The van der Waals surface area contributed by atoms with E-state index in [1.165, 1.54) is 31.1 Å². The smallest absolute Gasteiger partial charge is 0.373 e. The van der Waals surface area contributed by atoms with Crippen LogP contribution in [0.1, 0.15) is 40.3 Å². The van der Waals surface area contributed by atoms with Gasteiger partial charge in [-0.15, -0.1) is 0 Å². The summed E-state index contributed by atoms with van der Waals surface area (Å²) in [6.07, 6.45) is 4.81. The molecule has 1 aromatic carbocycles. The molecule has 0 N–H and O–H groups in total. The molecule has 3 rings (SSSR count). The highest BCUT2D eigenvalue weighted by Gasteiger charge is 2.12. The fourth-order valence-corrected chi connectivity index (χ4v) is 2.62. The van der Waals surface area contributed by atoms with Crippen LogP contribution < -0.4 is 4.74 Å². The minimum atomic E-state index is -0.477. The number of aryl methyl sites for hydroxylation is 2. The van der Waals surface area contributed by atoms with Crippen LogP contribution in [0, 0.1) is 0 Å². The van der Waals surface area contributed by atoms with Gasteiger partial charge in [-0.2, -0.15) is 0 Å². The molecule has 0 atom stereocenters. The van der Waals surface area contributed by atoms with E-state index in [1.54, 1.807) is 12.1 Å². The van der Waals surface area contributed by atoms with Gasteiger partial charge in [-0.05, 0) is 61.1 Å². The van der Waals surface area contributed by atoms with E-state index in [0.717, 1.165) is 18.6 Å². The van der Waals surface area contributed by atoms with Crippen molar-refractivity contribution >= 4 is 5.97 Å². The zero-order valence-electron chi connectivity index (χ0n) is 12.1. The summed E-state index contributed by atoms with van der Waals surface area (Å²) in [4.78, 5) is 11.3. The maximum atomic E-state index is 11.3. The summed E-state index contributed by atoms with van der Waals surface area (Å²) in [6.45, 7) is 0.301. The second-order valence-corrected chi connectivity index (χ2v) is 5.18. The van der Waals surface area contributed by atoms with Crippen LogP contribution in [0.5, 0.6) is 5.75 Å². The van der Waals surface area contributed by atoms with Crippen LogP contribution in [0.4, 0.5) is 0 Å². The topological polar surface area (TPSA) is 48.7 Å². The summed E-state index contributed by atoms with van der Waals surface area (Å²) in [5, 5.41) is 0. The second kappa shape index (κ2) is 6.04. The summed E-state index contributed by atoms with van der Waals surface area (Å²) < 4.78 is 15.7. The van der Waals surface area contributed by atoms with Crippen LogP contribution in [0.3, 0.4) is 0 Å². The van der Waals surface area contributed by atoms with Crippen LogP contribution in [-0.4, -0.2) is 13.1 Å². The highest BCUT2D eigenvalue weighted by molar-refractivity contribution is 5.86. The van der Waals surface area contributed by atoms with Crippen LogP contribution in [0.25, 0.3) is 0 Å². The third-order valence-corrected chi connectivity index (χ3v) is 3.75. The fraction of sp³-hybridized carbons (Fsp3) is 0.353. The first-order valence-electron chi connectivity index (χ1n) is 7.18. The number of rotatable bonds is 4. The fourth-order valence-electron chi connectivity index (χ4n) is 2.62. The number of hydrogen-bond donors (Lipinski definition) is 0. The maximum absolute atomic E-state index is 11.3. The predicted molar refractivity (Wildman–Crippen MR) is 77.5 cm³/mol. The standard InChI is InChI=1S/C17H18O4/c1-19-17(18)16-9-8-15(21-16)11-20-14-7-6-12-4-2-3-5-13(12)10-14/h6-10H,2-5,11H2,1H3. The molecule has 0 unspecified atom stereocenters. The number of carbonyl (C=O) groups excluding carboxylic acids is 1. The first-order chi connectivity index (χ1) is 10.3. The average molecular weight is 286 g/mol. The van der Waals surface area contributed by atoms with Crippen molar-refractivity contribution in [2.45, 2.75) is 32.3 Å². The van der Waals surface area contributed by atoms with Crippen molar-refractivity contribution in [2.24, 2.45) is 0 Å². The Morgan fingerprint density at radius 2 is 1.95 bits per heavy atom. The molecule has 1 heterocycles. The molecule has 4 nitrogen and oxygen atoms in total. The van der Waals surface area contributed by atoms with Gasteiger partial charge in [-0.25, -0.2) is 4.79 Å². The molecular weight excluding hydrogens is 268 g/mol. The number of fused-ring (bicyclic) bond motifs is 1. The van der Waals surface area contributed by atoms with Crippen molar-refractivity contribution in [1.29, 1.82) is 0 Å². The van der Waals surface area contributed by atoms with Crippen molar-refractivity contribution < 1.29 is 18.7 Å². The molecule has 0 aliphatic heterocycles. The van der Waals surface area contributed by atoms with E-state index in [2.05, 4.69) is 16.9 Å². The third-order valence-electron chi connectivity index (χ3n) is 3.75. The van der Waals surface area contributed by atoms with E-state index >= 15 is 0 Å². The molecule has 0 amide bonds. The van der Waals surface area contributed by atoms with Gasteiger partial charge in [0.05, 0.1) is 7.11 Å². The molecule has 1 aliphatic carbocycles. The highest BCUT2D eigenvalue weighted by atomic mass is 16.5. The molecule has 2 aromatic rings. The van der Waals surface area contributed by atoms with E-state index in [-0.39, 0.29) is 5.76 Å². The molecule has 0 saturated carbocycles. The largest absolute Gasteiger partial charge is 0.486 e. The van der Waals surface area contributed by atoms with Crippen molar-refractivity contribution in [1.82, 2.24) is 0 Å². The minimum Gasteiger partial charge on any atom is -0.486 e. The zero-order chi connectivity index (χ0) is 14.7. The molecule has 1 aliphatic rings. The Labute approximate surface area is 123 Å². The number of hydrogen-bond acceptors (Lipinski definition) is 4. The number of methoxy groups -OCH3 is 1. The Kier molecular flexibility index (Phi) is 3.95. The van der Waals surface area contributed by atoms with Crippen molar-refractivity contribution in [3.05, 3.63) is 53.0 Å². The molecule has 0 fully saturated rings. The Morgan fingerprint density at radius 3 is 2.76 bits per heavy atom. The van der Waals surface area contributed by atoms with E-state index in [0.29, 0.717) is 12.4 Å². The molecule has 0 bridgehead atoms. The van der Waals surface area contributed by atoms with Crippen LogP contribution >= 0.6 is 0 Å². The number of ether oxygens (including phenoxy) is 2. The molecule has 21 heavy (non-hydrogen) atoms. The van der Waals surface area contributed by atoms with Crippen LogP contribution in [0.2, 0.25) is 0 Å². The molecule has 0 spiro atoms. The van der Waals surface area contributed by atoms with Gasteiger partial charge in [0, 0.05) is 0 Å². The summed E-state index contributed by atoms with van der Waals surface area (Å²) in [5.41, 5.74) is 2.81. The summed E-state index contributed by atoms with van der Waals surface area (Å²) in [5.74, 6) is 1.16. The first-order valence-corrected chi connectivity index (χ1v) is 7.18. The van der Waals surface area contributed by atoms with Gasteiger partial charge in [0.15, 0.2) is 0 Å². The van der Waals surface area contributed by atoms with Crippen molar-refractivity contribution in [3.63, 3.8) is 0 Å². The Balaban J connectivity index is 1.65. The summed E-state index contributed by atoms with van der Waals surface area (Å²) in [7, 11) is 1.33. The molecular formula is C17H18O4. The first kappa shape index (κ1) is 13.7. The lowest BCUT2D eigenvalue weighted by atomic mass is 9.92. The van der Waals surface area contributed by atoms with E-state index in [9.17, 15) is 4.79 Å². The summed E-state index contributed by atoms with van der Waals surface area (Å²) in [6, 6.07) is 9.57. The molecule has 0 saturated heterocycles. The number of furan rings is 1. The van der Waals surface area contributed by atoms with Gasteiger partial charge in [0.25, 0.3) is 0 Å². The van der Waals surface area contributed by atoms with Gasteiger partial charge in [0.2, 0.25) is 5.76 Å². The average Bonchev–Trinajstić information content (AvgIpc) is 3.01. The Hall–Kier alpha value is -2.23. The highest BCUT2D eigenvalue weighted by Crippen LogP contribution is 2.26. The lowest BCUT2D eigenvalue weighted by Crippen LogP contribution is -2.03. The monoisotopic (exact) mass is 286 g/mol. The molecule has 4 heteroatoms. The number of esters is 1. The lowest BCUT2D eigenvalue weighted by Gasteiger charge is -2.16. The third kappa shape index (κ3) is 3.10. The van der Waals surface area contributed by atoms with Crippen molar-refractivity contribution in [3.8, 4) is 5.75 Å². The van der Waals surface area contributed by atoms with E-state index in [1.807, 2.05) is 6.07 Å². The van der Waals surface area contributed by atoms with E-state index < -0.39 is 5.97 Å². The second-order valence-electron chi connectivity index (χ2n) is 5.18. The molecule has 0 radical (unpaired) electrons. The lowest BCUT2D eigenvalue weighted by molar-refractivity contribution is 0.0561. The minimum absolute atomic E-state index is 0.196. The number of benzene rings is 1. The maximum Gasteiger partial charge on any atom is 0.373 e. The zero-order valence-corrected chi connectivity index (χ0v) is 12.1. The van der Waals surface area contributed by atoms with Crippen LogP contribution in [-0.2, 0) is 24.2 Å².